The second-order valence-corrected chi connectivity index (χ2v) is 4.06. The van der Waals surface area contributed by atoms with Crippen molar-refractivity contribution < 1.29 is 4.74 Å². The SMILES string of the molecule is Cc1cc(OC2CC(N)C2)ccc1C#N. The van der Waals surface area contributed by atoms with Crippen LogP contribution in [0, 0.1) is 18.3 Å². The average molecular weight is 202 g/mol. The number of nitrogens with zero attached hydrogens (tertiary/aromatic N) is 1. The standard InChI is InChI=1S/C12H14N2O/c1-8-4-11(3-2-9(8)7-13)15-12-5-10(14)6-12/h2-4,10,12H,5-6,14H2,1H3. The molecule has 0 radical (unpaired) electrons. The van der Waals surface area contributed by atoms with Crippen molar-refractivity contribution in [2.24, 2.45) is 5.73 Å². The maximum absolute atomic E-state index is 8.78. The molecule has 0 atom stereocenters. The molecular weight excluding hydrogens is 188 g/mol. The smallest absolute Gasteiger partial charge is 0.120 e. The molecule has 2 rings (SSSR count). The van der Waals surface area contributed by atoms with Crippen molar-refractivity contribution in [3.05, 3.63) is 29.3 Å². The van der Waals surface area contributed by atoms with Gasteiger partial charge in [-0.15, -0.1) is 0 Å². The molecular formula is C12H14N2O. The van der Waals surface area contributed by atoms with Crippen molar-refractivity contribution in [2.75, 3.05) is 0 Å². The fourth-order valence-electron chi connectivity index (χ4n) is 1.73. The molecule has 3 heteroatoms. The topological polar surface area (TPSA) is 59.0 Å². The molecule has 1 aromatic carbocycles. The number of nitriles is 1. The van der Waals surface area contributed by atoms with Gasteiger partial charge in [-0.3, -0.25) is 0 Å². The van der Waals surface area contributed by atoms with Gasteiger partial charge >= 0.3 is 0 Å². The Morgan fingerprint density at radius 1 is 1.47 bits per heavy atom. The van der Waals surface area contributed by atoms with Crippen LogP contribution in [0.15, 0.2) is 18.2 Å². The molecule has 0 bridgehead atoms. The average Bonchev–Trinajstić information content (AvgIpc) is 2.16. The van der Waals surface area contributed by atoms with Crippen LogP contribution in [-0.2, 0) is 0 Å². The molecule has 0 aliphatic heterocycles. The van der Waals surface area contributed by atoms with Crippen LogP contribution in [0.3, 0.4) is 0 Å². The summed E-state index contributed by atoms with van der Waals surface area (Å²) in [6, 6.07) is 7.98. The Hall–Kier alpha value is -1.53. The van der Waals surface area contributed by atoms with Crippen LogP contribution in [0.1, 0.15) is 24.0 Å². The lowest BCUT2D eigenvalue weighted by atomic mass is 9.90. The van der Waals surface area contributed by atoms with E-state index in [1.807, 2.05) is 19.1 Å². The molecule has 1 saturated carbocycles. The maximum Gasteiger partial charge on any atom is 0.120 e. The van der Waals surface area contributed by atoms with E-state index in [1.165, 1.54) is 0 Å². The molecule has 1 aliphatic rings. The Kier molecular flexibility index (Phi) is 2.61. The molecule has 3 nitrogen and oxygen atoms in total. The van der Waals surface area contributed by atoms with Crippen LogP contribution in [0.2, 0.25) is 0 Å². The van der Waals surface area contributed by atoms with Gasteiger partial charge in [0, 0.05) is 6.04 Å². The minimum Gasteiger partial charge on any atom is -0.490 e. The molecule has 2 N–H and O–H groups in total. The summed E-state index contributed by atoms with van der Waals surface area (Å²) in [5.41, 5.74) is 7.33. The van der Waals surface area contributed by atoms with Crippen molar-refractivity contribution in [2.45, 2.75) is 31.9 Å². The van der Waals surface area contributed by atoms with E-state index in [0.717, 1.165) is 24.2 Å². The van der Waals surface area contributed by atoms with Crippen LogP contribution in [0.4, 0.5) is 0 Å². The highest BCUT2D eigenvalue weighted by atomic mass is 16.5. The summed E-state index contributed by atoms with van der Waals surface area (Å²) in [6.45, 7) is 1.91. The number of ether oxygens (including phenoxy) is 1. The zero-order chi connectivity index (χ0) is 10.8. The Morgan fingerprint density at radius 2 is 2.20 bits per heavy atom. The van der Waals surface area contributed by atoms with Gasteiger partial charge in [0.05, 0.1) is 11.6 Å². The Balaban J connectivity index is 2.04. The molecule has 0 spiro atoms. The van der Waals surface area contributed by atoms with E-state index in [1.54, 1.807) is 6.07 Å². The highest BCUT2D eigenvalue weighted by Crippen LogP contribution is 2.25. The first-order chi connectivity index (χ1) is 7.19. The molecule has 1 aliphatic carbocycles. The number of benzene rings is 1. The summed E-state index contributed by atoms with van der Waals surface area (Å²) in [4.78, 5) is 0. The first kappa shape index (κ1) is 10.0. The van der Waals surface area contributed by atoms with Crippen LogP contribution in [-0.4, -0.2) is 12.1 Å². The van der Waals surface area contributed by atoms with E-state index in [9.17, 15) is 0 Å². The largest absolute Gasteiger partial charge is 0.490 e. The second-order valence-electron chi connectivity index (χ2n) is 4.06. The van der Waals surface area contributed by atoms with E-state index < -0.39 is 0 Å². The number of rotatable bonds is 2. The number of nitrogens with two attached hydrogens (primary N) is 1. The third-order valence-corrected chi connectivity index (χ3v) is 2.75. The first-order valence-corrected chi connectivity index (χ1v) is 5.12. The molecule has 0 amide bonds. The first-order valence-electron chi connectivity index (χ1n) is 5.12. The molecule has 1 aromatic rings. The molecule has 1 fully saturated rings. The Bertz CT molecular complexity index is 403. The lowest BCUT2D eigenvalue weighted by molar-refractivity contribution is 0.101. The molecule has 78 valence electrons. The fraction of sp³-hybridized carbons (Fsp3) is 0.417. The van der Waals surface area contributed by atoms with Gasteiger partial charge in [-0.1, -0.05) is 0 Å². The van der Waals surface area contributed by atoms with Gasteiger partial charge in [0.2, 0.25) is 0 Å². The molecule has 0 unspecified atom stereocenters. The lowest BCUT2D eigenvalue weighted by Crippen LogP contribution is -2.43. The van der Waals surface area contributed by atoms with Crippen LogP contribution in [0.25, 0.3) is 0 Å². The maximum atomic E-state index is 8.78. The summed E-state index contributed by atoms with van der Waals surface area (Å²) < 4.78 is 5.71. The third kappa shape index (κ3) is 2.11. The van der Waals surface area contributed by atoms with Crippen LogP contribution >= 0.6 is 0 Å². The van der Waals surface area contributed by atoms with Gasteiger partial charge in [0.25, 0.3) is 0 Å². The summed E-state index contributed by atoms with van der Waals surface area (Å²) in [6.07, 6.45) is 2.12. The number of hydrogen-bond acceptors (Lipinski definition) is 3. The van der Waals surface area contributed by atoms with E-state index in [0.29, 0.717) is 11.6 Å². The van der Waals surface area contributed by atoms with Gasteiger partial charge in [-0.25, -0.2) is 0 Å². The second kappa shape index (κ2) is 3.92. The van der Waals surface area contributed by atoms with Crippen LogP contribution in [0.5, 0.6) is 5.75 Å². The van der Waals surface area contributed by atoms with Crippen LogP contribution < -0.4 is 10.5 Å². The van der Waals surface area contributed by atoms with E-state index in [-0.39, 0.29) is 6.10 Å². The van der Waals surface area contributed by atoms with Gasteiger partial charge in [-0.05, 0) is 43.5 Å². The summed E-state index contributed by atoms with van der Waals surface area (Å²) in [5.74, 6) is 0.836. The summed E-state index contributed by atoms with van der Waals surface area (Å²) >= 11 is 0. The molecule has 0 heterocycles. The lowest BCUT2D eigenvalue weighted by Gasteiger charge is -2.32. The van der Waals surface area contributed by atoms with Crippen molar-refractivity contribution in [3.8, 4) is 11.8 Å². The highest BCUT2D eigenvalue weighted by molar-refractivity contribution is 5.41. The number of aryl methyl sites for hydroxylation is 1. The zero-order valence-electron chi connectivity index (χ0n) is 8.73. The molecule has 0 aromatic heterocycles. The summed E-state index contributed by atoms with van der Waals surface area (Å²) in [7, 11) is 0. The van der Waals surface area contributed by atoms with Crippen molar-refractivity contribution in [1.82, 2.24) is 0 Å². The highest BCUT2D eigenvalue weighted by Gasteiger charge is 2.27. The normalized spacial score (nSPS) is 24.1. The van der Waals surface area contributed by atoms with Gasteiger partial charge in [0.15, 0.2) is 0 Å². The molecule has 0 saturated heterocycles. The quantitative estimate of drug-likeness (QED) is 0.794. The Labute approximate surface area is 89.5 Å². The Morgan fingerprint density at radius 3 is 2.73 bits per heavy atom. The van der Waals surface area contributed by atoms with Gasteiger partial charge in [0.1, 0.15) is 11.9 Å². The minimum atomic E-state index is 0.257. The monoisotopic (exact) mass is 202 g/mol. The van der Waals surface area contributed by atoms with Crippen molar-refractivity contribution >= 4 is 0 Å². The van der Waals surface area contributed by atoms with E-state index in [2.05, 4.69) is 6.07 Å². The third-order valence-electron chi connectivity index (χ3n) is 2.75. The molecule has 15 heavy (non-hydrogen) atoms. The van der Waals surface area contributed by atoms with E-state index >= 15 is 0 Å². The predicted octanol–water partition coefficient (Wildman–Crippen LogP) is 1.74. The van der Waals surface area contributed by atoms with Gasteiger partial charge < -0.3 is 10.5 Å². The fourth-order valence-corrected chi connectivity index (χ4v) is 1.73. The minimum absolute atomic E-state index is 0.257. The van der Waals surface area contributed by atoms with Crippen molar-refractivity contribution in [1.29, 1.82) is 5.26 Å². The predicted molar refractivity (Wildman–Crippen MR) is 57.5 cm³/mol. The number of hydrogen-bond donors (Lipinski definition) is 1. The zero-order valence-corrected chi connectivity index (χ0v) is 8.73. The summed E-state index contributed by atoms with van der Waals surface area (Å²) in [5, 5.41) is 8.78. The van der Waals surface area contributed by atoms with E-state index in [4.69, 9.17) is 15.7 Å². The van der Waals surface area contributed by atoms with Gasteiger partial charge in [-0.2, -0.15) is 5.26 Å². The van der Waals surface area contributed by atoms with Crippen molar-refractivity contribution in [3.63, 3.8) is 0 Å².